The summed E-state index contributed by atoms with van der Waals surface area (Å²) in [5, 5.41) is 0. The van der Waals surface area contributed by atoms with Crippen LogP contribution in [0.25, 0.3) is 0 Å². The standard InChI is InChI=1S/C16H30N2O3SSi/c1-7-22-14-11-17(12-21-8-9-23(4,5)6)16(20)18(15(14)19)10-13(2)3/h11,13H,7-10,12H2,1-6H3. The van der Waals surface area contributed by atoms with Gasteiger partial charge in [0.1, 0.15) is 6.73 Å². The smallest absolute Gasteiger partial charge is 0.332 e. The Bertz CT molecular complexity index is 617. The van der Waals surface area contributed by atoms with Crippen LogP contribution in [-0.4, -0.2) is 29.6 Å². The molecule has 0 bridgehead atoms. The van der Waals surface area contributed by atoms with E-state index in [-0.39, 0.29) is 23.9 Å². The highest BCUT2D eigenvalue weighted by Crippen LogP contribution is 2.12. The maximum atomic E-state index is 12.5. The first-order chi connectivity index (χ1) is 10.7. The molecule has 132 valence electrons. The maximum absolute atomic E-state index is 12.5. The molecule has 1 aromatic rings. The Morgan fingerprint density at radius 3 is 2.43 bits per heavy atom. The molecule has 0 atom stereocenters. The number of hydrogen-bond donors (Lipinski definition) is 0. The van der Waals surface area contributed by atoms with Crippen molar-refractivity contribution in [2.24, 2.45) is 5.92 Å². The molecule has 0 saturated heterocycles. The highest BCUT2D eigenvalue weighted by Gasteiger charge is 2.14. The molecule has 0 aliphatic rings. The quantitative estimate of drug-likeness (QED) is 0.387. The van der Waals surface area contributed by atoms with Crippen LogP contribution in [0.4, 0.5) is 0 Å². The van der Waals surface area contributed by atoms with Gasteiger partial charge in [-0.15, -0.1) is 11.8 Å². The third kappa shape index (κ3) is 6.69. The summed E-state index contributed by atoms with van der Waals surface area (Å²) in [4.78, 5) is 25.6. The third-order valence-corrected chi connectivity index (χ3v) is 5.86. The Kier molecular flexibility index (Phi) is 7.83. The molecule has 0 fully saturated rings. The summed E-state index contributed by atoms with van der Waals surface area (Å²) >= 11 is 1.47. The first kappa shape index (κ1) is 20.3. The summed E-state index contributed by atoms with van der Waals surface area (Å²) in [6, 6.07) is 1.06. The second-order valence-electron chi connectivity index (χ2n) is 7.34. The summed E-state index contributed by atoms with van der Waals surface area (Å²) in [5.74, 6) is 1.04. The van der Waals surface area contributed by atoms with E-state index in [0.29, 0.717) is 18.0 Å². The maximum Gasteiger partial charge on any atom is 0.332 e. The molecule has 0 unspecified atom stereocenters. The Balaban J connectivity index is 2.99. The van der Waals surface area contributed by atoms with Crippen molar-refractivity contribution in [2.75, 3.05) is 12.4 Å². The van der Waals surface area contributed by atoms with Crippen molar-refractivity contribution in [3.63, 3.8) is 0 Å². The lowest BCUT2D eigenvalue weighted by Crippen LogP contribution is -2.41. The summed E-state index contributed by atoms with van der Waals surface area (Å²) in [7, 11) is -1.15. The summed E-state index contributed by atoms with van der Waals surface area (Å²) in [6.07, 6.45) is 1.64. The second-order valence-corrected chi connectivity index (χ2v) is 14.3. The van der Waals surface area contributed by atoms with Crippen molar-refractivity contribution in [1.29, 1.82) is 0 Å². The monoisotopic (exact) mass is 358 g/mol. The molecule has 23 heavy (non-hydrogen) atoms. The zero-order chi connectivity index (χ0) is 17.6. The first-order valence-corrected chi connectivity index (χ1v) is 12.9. The molecule has 0 spiro atoms. The normalized spacial score (nSPS) is 12.1. The predicted octanol–water partition coefficient (Wildman–Crippen LogP) is 3.09. The van der Waals surface area contributed by atoms with Gasteiger partial charge in [0.25, 0.3) is 5.56 Å². The fourth-order valence-electron chi connectivity index (χ4n) is 2.04. The lowest BCUT2D eigenvalue weighted by atomic mass is 10.2. The molecule has 0 aliphatic carbocycles. The average molecular weight is 359 g/mol. The Morgan fingerprint density at radius 2 is 1.91 bits per heavy atom. The molecular weight excluding hydrogens is 328 g/mol. The number of rotatable bonds is 9. The van der Waals surface area contributed by atoms with E-state index in [1.165, 1.54) is 20.9 Å². The van der Waals surface area contributed by atoms with Gasteiger partial charge in [0.15, 0.2) is 0 Å². The highest BCUT2D eigenvalue weighted by molar-refractivity contribution is 7.99. The largest absolute Gasteiger partial charge is 0.361 e. The van der Waals surface area contributed by atoms with E-state index in [2.05, 4.69) is 19.6 Å². The van der Waals surface area contributed by atoms with Gasteiger partial charge in [0.05, 0.1) is 4.90 Å². The van der Waals surface area contributed by atoms with Gasteiger partial charge < -0.3 is 4.74 Å². The Hall–Kier alpha value is -0.793. The van der Waals surface area contributed by atoms with Crippen molar-refractivity contribution in [3.05, 3.63) is 27.0 Å². The molecule has 0 N–H and O–H groups in total. The highest BCUT2D eigenvalue weighted by atomic mass is 32.2. The van der Waals surface area contributed by atoms with Crippen LogP contribution in [-0.2, 0) is 18.0 Å². The van der Waals surface area contributed by atoms with Crippen molar-refractivity contribution in [3.8, 4) is 0 Å². The van der Waals surface area contributed by atoms with Gasteiger partial charge in [-0.1, -0.05) is 40.4 Å². The second kappa shape index (κ2) is 8.89. The van der Waals surface area contributed by atoms with E-state index in [1.807, 2.05) is 20.8 Å². The zero-order valence-electron chi connectivity index (χ0n) is 15.2. The van der Waals surface area contributed by atoms with Crippen molar-refractivity contribution < 1.29 is 4.74 Å². The summed E-state index contributed by atoms with van der Waals surface area (Å²) < 4.78 is 8.54. The first-order valence-electron chi connectivity index (χ1n) is 8.20. The van der Waals surface area contributed by atoms with Gasteiger partial charge in [0.2, 0.25) is 0 Å². The average Bonchev–Trinajstić information content (AvgIpc) is 2.43. The van der Waals surface area contributed by atoms with Crippen LogP contribution in [0, 0.1) is 5.92 Å². The van der Waals surface area contributed by atoms with E-state index in [0.717, 1.165) is 11.8 Å². The molecule has 5 nitrogen and oxygen atoms in total. The zero-order valence-corrected chi connectivity index (χ0v) is 17.0. The van der Waals surface area contributed by atoms with Crippen molar-refractivity contribution in [1.82, 2.24) is 9.13 Å². The topological polar surface area (TPSA) is 53.2 Å². The van der Waals surface area contributed by atoms with E-state index in [4.69, 9.17) is 4.74 Å². The number of thioether (sulfide) groups is 1. The van der Waals surface area contributed by atoms with Crippen LogP contribution < -0.4 is 11.2 Å². The van der Waals surface area contributed by atoms with Gasteiger partial charge in [-0.3, -0.25) is 13.9 Å². The number of hydrogen-bond acceptors (Lipinski definition) is 4. The molecule has 0 saturated carbocycles. The molecule has 0 radical (unpaired) electrons. The number of nitrogens with zero attached hydrogens (tertiary/aromatic N) is 2. The molecule has 0 aromatic carbocycles. The lowest BCUT2D eigenvalue weighted by molar-refractivity contribution is 0.0816. The van der Waals surface area contributed by atoms with Crippen molar-refractivity contribution in [2.45, 2.75) is 64.6 Å². The Labute approximate surface area is 144 Å². The predicted molar refractivity (Wildman–Crippen MR) is 100 cm³/mol. The lowest BCUT2D eigenvalue weighted by Gasteiger charge is -2.17. The van der Waals surface area contributed by atoms with E-state index >= 15 is 0 Å². The Morgan fingerprint density at radius 1 is 1.26 bits per heavy atom. The molecule has 1 aromatic heterocycles. The van der Waals surface area contributed by atoms with Crippen LogP contribution in [0.5, 0.6) is 0 Å². The molecule has 1 heterocycles. The number of ether oxygens (including phenoxy) is 1. The fraction of sp³-hybridized carbons (Fsp3) is 0.750. The van der Waals surface area contributed by atoms with E-state index in [1.54, 1.807) is 6.20 Å². The van der Waals surface area contributed by atoms with Gasteiger partial charge >= 0.3 is 5.69 Å². The van der Waals surface area contributed by atoms with E-state index in [9.17, 15) is 9.59 Å². The molecule has 7 heteroatoms. The van der Waals surface area contributed by atoms with E-state index < -0.39 is 8.07 Å². The van der Waals surface area contributed by atoms with Crippen LogP contribution in [0.3, 0.4) is 0 Å². The van der Waals surface area contributed by atoms with Crippen molar-refractivity contribution >= 4 is 19.8 Å². The minimum atomic E-state index is -1.15. The minimum Gasteiger partial charge on any atom is -0.361 e. The molecule has 1 rings (SSSR count). The van der Waals surface area contributed by atoms with Gasteiger partial charge in [0, 0.05) is 27.4 Å². The molecular formula is C16H30N2O3SSi. The minimum absolute atomic E-state index is 0.186. The van der Waals surface area contributed by atoms with Crippen LogP contribution in [0.1, 0.15) is 20.8 Å². The van der Waals surface area contributed by atoms with Crippen LogP contribution in [0.2, 0.25) is 25.7 Å². The summed E-state index contributed by atoms with van der Waals surface area (Å²) in [6.45, 7) is 14.2. The number of aromatic nitrogens is 2. The van der Waals surface area contributed by atoms with Gasteiger partial charge in [-0.05, 0) is 17.7 Å². The van der Waals surface area contributed by atoms with Crippen LogP contribution >= 0.6 is 11.8 Å². The van der Waals surface area contributed by atoms with Crippen LogP contribution in [0.15, 0.2) is 20.7 Å². The van der Waals surface area contributed by atoms with Gasteiger partial charge in [-0.25, -0.2) is 4.79 Å². The fourth-order valence-corrected chi connectivity index (χ4v) is 3.54. The SMILES string of the molecule is CCSc1cn(COCC[Si](C)(C)C)c(=O)n(CC(C)C)c1=O. The van der Waals surface area contributed by atoms with Gasteiger partial charge in [-0.2, -0.15) is 0 Å². The summed E-state index contributed by atoms with van der Waals surface area (Å²) in [5.41, 5.74) is -0.467. The molecule has 0 amide bonds. The molecule has 0 aliphatic heterocycles. The third-order valence-electron chi connectivity index (χ3n) is 3.28.